The molecular formula is C15H29F3N2. The summed E-state index contributed by atoms with van der Waals surface area (Å²) in [4.78, 5) is 2.39. The van der Waals surface area contributed by atoms with Gasteiger partial charge in [0.15, 0.2) is 0 Å². The maximum atomic E-state index is 12.6. The van der Waals surface area contributed by atoms with Gasteiger partial charge >= 0.3 is 6.18 Å². The quantitative estimate of drug-likeness (QED) is 0.729. The number of likely N-dealkylation sites (tertiary alicyclic amines) is 1. The molecule has 0 aromatic heterocycles. The fraction of sp³-hybridized carbons (Fsp3) is 1.00. The van der Waals surface area contributed by atoms with Crippen molar-refractivity contribution in [1.29, 1.82) is 0 Å². The van der Waals surface area contributed by atoms with Gasteiger partial charge in [0, 0.05) is 18.0 Å². The van der Waals surface area contributed by atoms with Crippen LogP contribution in [-0.4, -0.2) is 42.3 Å². The van der Waals surface area contributed by atoms with Gasteiger partial charge in [0.05, 0.1) is 0 Å². The third kappa shape index (κ3) is 4.92. The molecule has 0 amide bonds. The van der Waals surface area contributed by atoms with E-state index in [-0.39, 0.29) is 18.0 Å². The molecule has 1 N–H and O–H groups in total. The van der Waals surface area contributed by atoms with E-state index in [1.54, 1.807) is 0 Å². The van der Waals surface area contributed by atoms with Crippen molar-refractivity contribution in [1.82, 2.24) is 10.2 Å². The molecule has 2 atom stereocenters. The molecule has 1 heterocycles. The summed E-state index contributed by atoms with van der Waals surface area (Å²) >= 11 is 0. The molecule has 120 valence electrons. The van der Waals surface area contributed by atoms with E-state index in [0.717, 1.165) is 45.3 Å². The highest BCUT2D eigenvalue weighted by Crippen LogP contribution is 2.32. The number of alkyl halides is 3. The number of halogens is 3. The van der Waals surface area contributed by atoms with E-state index in [1.807, 2.05) is 6.92 Å². The van der Waals surface area contributed by atoms with E-state index in [2.05, 4.69) is 24.1 Å². The molecule has 2 nitrogen and oxygen atoms in total. The van der Waals surface area contributed by atoms with Gasteiger partial charge in [-0.3, -0.25) is 4.90 Å². The molecule has 1 saturated heterocycles. The zero-order valence-electron chi connectivity index (χ0n) is 13.0. The van der Waals surface area contributed by atoms with E-state index in [0.29, 0.717) is 0 Å². The van der Waals surface area contributed by atoms with Crippen LogP contribution in [0.3, 0.4) is 0 Å². The summed E-state index contributed by atoms with van der Waals surface area (Å²) in [5.74, 6) is 0. The summed E-state index contributed by atoms with van der Waals surface area (Å²) in [5, 5.41) is 3.37. The van der Waals surface area contributed by atoms with Crippen molar-refractivity contribution in [2.45, 2.75) is 77.1 Å². The van der Waals surface area contributed by atoms with Crippen LogP contribution in [-0.2, 0) is 0 Å². The molecule has 0 bridgehead atoms. The lowest BCUT2D eigenvalue weighted by molar-refractivity contribution is -0.138. The molecule has 0 spiro atoms. The van der Waals surface area contributed by atoms with E-state index in [9.17, 15) is 13.2 Å². The van der Waals surface area contributed by atoms with Crippen molar-refractivity contribution in [3.8, 4) is 0 Å². The molecule has 1 rings (SSSR count). The lowest BCUT2D eigenvalue weighted by Gasteiger charge is -2.45. The summed E-state index contributed by atoms with van der Waals surface area (Å²) in [6.45, 7) is 9.08. The van der Waals surface area contributed by atoms with Gasteiger partial charge < -0.3 is 5.32 Å². The van der Waals surface area contributed by atoms with Crippen molar-refractivity contribution >= 4 is 0 Å². The van der Waals surface area contributed by atoms with Gasteiger partial charge in [0.2, 0.25) is 0 Å². The monoisotopic (exact) mass is 294 g/mol. The number of hydrogen-bond donors (Lipinski definition) is 1. The molecule has 0 saturated carbocycles. The van der Waals surface area contributed by atoms with Gasteiger partial charge in [-0.15, -0.1) is 0 Å². The molecule has 1 fully saturated rings. The van der Waals surface area contributed by atoms with Crippen LogP contribution < -0.4 is 5.32 Å². The number of hydrogen-bond acceptors (Lipinski definition) is 2. The Balaban J connectivity index is 2.75. The highest BCUT2D eigenvalue weighted by molar-refractivity contribution is 4.98. The first kappa shape index (κ1) is 17.8. The van der Waals surface area contributed by atoms with E-state index >= 15 is 0 Å². The predicted octanol–water partition coefficient (Wildman–Crippen LogP) is 3.96. The largest absolute Gasteiger partial charge is 0.389 e. The zero-order chi connectivity index (χ0) is 15.2. The zero-order valence-corrected chi connectivity index (χ0v) is 13.0. The second-order valence-corrected chi connectivity index (χ2v) is 6.07. The summed E-state index contributed by atoms with van der Waals surface area (Å²) in [6.07, 6.45) is -0.437. The minimum atomic E-state index is -4.06. The lowest BCUT2D eigenvalue weighted by atomic mass is 9.84. The maximum Gasteiger partial charge on any atom is 0.389 e. The van der Waals surface area contributed by atoms with E-state index in [4.69, 9.17) is 0 Å². The second kappa shape index (κ2) is 7.64. The van der Waals surface area contributed by atoms with Gasteiger partial charge in [0.1, 0.15) is 0 Å². The highest BCUT2D eigenvalue weighted by Gasteiger charge is 2.40. The van der Waals surface area contributed by atoms with Crippen molar-refractivity contribution in [2.24, 2.45) is 0 Å². The fourth-order valence-electron chi connectivity index (χ4n) is 3.18. The van der Waals surface area contributed by atoms with E-state index in [1.165, 1.54) is 0 Å². The Morgan fingerprint density at radius 1 is 1.15 bits per heavy atom. The third-order valence-corrected chi connectivity index (χ3v) is 4.65. The third-order valence-electron chi connectivity index (χ3n) is 4.65. The molecule has 20 heavy (non-hydrogen) atoms. The molecule has 0 radical (unpaired) electrons. The average Bonchev–Trinajstić information content (AvgIpc) is 2.91. The Labute approximate surface area is 121 Å². The summed E-state index contributed by atoms with van der Waals surface area (Å²) in [7, 11) is 0. The van der Waals surface area contributed by atoms with Crippen molar-refractivity contribution in [2.75, 3.05) is 19.6 Å². The molecule has 1 aliphatic heterocycles. The van der Waals surface area contributed by atoms with Gasteiger partial charge in [-0.1, -0.05) is 13.8 Å². The van der Waals surface area contributed by atoms with Crippen LogP contribution >= 0.6 is 0 Å². The fourth-order valence-corrected chi connectivity index (χ4v) is 3.18. The molecule has 5 heteroatoms. The first-order chi connectivity index (χ1) is 9.33. The maximum absolute atomic E-state index is 12.6. The van der Waals surface area contributed by atoms with Crippen LogP contribution in [0.4, 0.5) is 13.2 Å². The lowest BCUT2D eigenvalue weighted by Crippen LogP contribution is -2.58. The summed E-state index contributed by atoms with van der Waals surface area (Å²) < 4.78 is 37.7. The second-order valence-electron chi connectivity index (χ2n) is 6.07. The van der Waals surface area contributed by atoms with Crippen LogP contribution in [0.2, 0.25) is 0 Å². The van der Waals surface area contributed by atoms with Crippen molar-refractivity contribution in [3.05, 3.63) is 0 Å². The Morgan fingerprint density at radius 2 is 1.75 bits per heavy atom. The van der Waals surface area contributed by atoms with E-state index < -0.39 is 12.6 Å². The molecule has 2 unspecified atom stereocenters. The highest BCUT2D eigenvalue weighted by atomic mass is 19.4. The van der Waals surface area contributed by atoms with Crippen LogP contribution in [0, 0.1) is 0 Å². The van der Waals surface area contributed by atoms with Gasteiger partial charge in [0.25, 0.3) is 0 Å². The SMILES string of the molecule is CCCNC(CCC(F)(F)F)C(C)(CC)N1CCCC1. The molecule has 0 aliphatic carbocycles. The van der Waals surface area contributed by atoms with Crippen molar-refractivity contribution in [3.63, 3.8) is 0 Å². The van der Waals surface area contributed by atoms with Crippen molar-refractivity contribution < 1.29 is 13.2 Å². The molecular weight excluding hydrogens is 265 g/mol. The molecule has 1 aliphatic rings. The molecule has 0 aromatic carbocycles. The standard InChI is InChI=1S/C15H29F3N2/c1-4-10-19-13(8-9-15(16,17)18)14(3,5-2)20-11-6-7-12-20/h13,19H,4-12H2,1-3H3. The van der Waals surface area contributed by atoms with Crippen LogP contribution in [0.1, 0.15) is 59.3 Å². The Morgan fingerprint density at radius 3 is 2.20 bits per heavy atom. The first-order valence-electron chi connectivity index (χ1n) is 7.88. The number of nitrogens with zero attached hydrogens (tertiary/aromatic N) is 1. The van der Waals surface area contributed by atoms with Crippen LogP contribution in [0.25, 0.3) is 0 Å². The number of rotatable bonds is 8. The number of nitrogens with one attached hydrogen (secondary N) is 1. The van der Waals surface area contributed by atoms with Gasteiger partial charge in [-0.2, -0.15) is 13.2 Å². The Hall–Kier alpha value is -0.290. The first-order valence-corrected chi connectivity index (χ1v) is 7.88. The van der Waals surface area contributed by atoms with Gasteiger partial charge in [-0.25, -0.2) is 0 Å². The van der Waals surface area contributed by atoms with Crippen LogP contribution in [0.15, 0.2) is 0 Å². The van der Waals surface area contributed by atoms with Crippen LogP contribution in [0.5, 0.6) is 0 Å². The minimum absolute atomic E-state index is 0.0906. The average molecular weight is 294 g/mol. The minimum Gasteiger partial charge on any atom is -0.312 e. The molecule has 0 aromatic rings. The topological polar surface area (TPSA) is 15.3 Å². The normalized spacial score (nSPS) is 21.9. The van der Waals surface area contributed by atoms with Gasteiger partial charge in [-0.05, 0) is 58.7 Å². The predicted molar refractivity (Wildman–Crippen MR) is 76.9 cm³/mol. The summed E-state index contributed by atoms with van der Waals surface area (Å²) in [5.41, 5.74) is -0.170. The summed E-state index contributed by atoms with van der Waals surface area (Å²) in [6, 6.07) is -0.0906. The Bertz CT molecular complexity index is 275. The smallest absolute Gasteiger partial charge is 0.312 e. The Kier molecular flexibility index (Phi) is 6.79.